The number of para-hydroxylation sites is 1. The average Bonchev–Trinajstić information content (AvgIpc) is 2.59. The van der Waals surface area contributed by atoms with Crippen LogP contribution in [-0.4, -0.2) is 20.1 Å². The molecule has 0 fully saturated rings. The van der Waals surface area contributed by atoms with Gasteiger partial charge in [0.2, 0.25) is 0 Å². The van der Waals surface area contributed by atoms with Crippen LogP contribution in [0.25, 0.3) is 0 Å². The average molecular weight is 439 g/mol. The normalized spacial score (nSPS) is 15.6. The van der Waals surface area contributed by atoms with Gasteiger partial charge in [-0.25, -0.2) is 0 Å². The van der Waals surface area contributed by atoms with Crippen LogP contribution in [0, 0.1) is 0 Å². The number of benzene rings is 2. The van der Waals surface area contributed by atoms with E-state index in [-0.39, 0.29) is 4.90 Å². The molecule has 4 nitrogen and oxygen atoms in total. The zero-order valence-electron chi connectivity index (χ0n) is 13.9. The zero-order valence-corrected chi connectivity index (χ0v) is 17.1. The largest absolute Gasteiger partial charge is 0.319 e. The van der Waals surface area contributed by atoms with Crippen molar-refractivity contribution in [3.05, 3.63) is 58.6 Å². The van der Waals surface area contributed by atoms with Crippen LogP contribution in [0.2, 0.25) is 0 Å². The van der Waals surface area contributed by atoms with Crippen LogP contribution in [0.3, 0.4) is 0 Å². The second-order valence-electron chi connectivity index (χ2n) is 5.74. The summed E-state index contributed by atoms with van der Waals surface area (Å²) in [7, 11) is -3.65. The van der Waals surface area contributed by atoms with Crippen molar-refractivity contribution >= 4 is 48.6 Å². The number of fused-ring (bicyclic) bond motifs is 1. The molecule has 0 saturated heterocycles. The summed E-state index contributed by atoms with van der Waals surface area (Å²) in [5, 5.41) is 0.548. The Morgan fingerprint density at radius 3 is 2.72 bits per heavy atom. The lowest BCUT2D eigenvalue weighted by Crippen LogP contribution is -2.34. The first-order chi connectivity index (χ1) is 12.0. The Bertz CT molecular complexity index is 897. The molecule has 0 aromatic heterocycles. The minimum atomic E-state index is -3.65. The number of hydrogen-bond acceptors (Lipinski definition) is 4. The summed E-state index contributed by atoms with van der Waals surface area (Å²) in [6, 6.07) is 15.1. The fraction of sp³-hybridized carbons (Fsp3) is 0.278. The number of halogens is 1. The van der Waals surface area contributed by atoms with Gasteiger partial charge in [0.15, 0.2) is 5.17 Å². The van der Waals surface area contributed by atoms with Crippen LogP contribution >= 0.6 is 27.7 Å². The fourth-order valence-corrected chi connectivity index (χ4v) is 5.48. The van der Waals surface area contributed by atoms with Crippen LogP contribution in [0.5, 0.6) is 0 Å². The molecule has 0 aliphatic carbocycles. The minimum Gasteiger partial charge on any atom is -0.319 e. The standard InChI is InChI=1S/C18H19BrN2O2S2/c1-2-3-11-21-16-9-4-5-10-17(16)25(22,23)20-18(21)24-13-14-7-6-8-15(19)12-14/h4-10,12H,2-3,11,13H2,1H3. The Morgan fingerprint density at radius 2 is 1.96 bits per heavy atom. The zero-order chi connectivity index (χ0) is 17.9. The molecule has 1 heterocycles. The molecule has 0 amide bonds. The van der Waals surface area contributed by atoms with Crippen molar-refractivity contribution in [2.75, 3.05) is 11.4 Å². The quantitative estimate of drug-likeness (QED) is 0.655. The summed E-state index contributed by atoms with van der Waals surface area (Å²) >= 11 is 4.93. The van der Waals surface area contributed by atoms with Gasteiger partial charge in [0.1, 0.15) is 4.90 Å². The van der Waals surface area contributed by atoms with E-state index >= 15 is 0 Å². The van der Waals surface area contributed by atoms with Gasteiger partial charge < -0.3 is 4.90 Å². The van der Waals surface area contributed by atoms with Gasteiger partial charge in [-0.2, -0.15) is 8.42 Å². The second kappa shape index (κ2) is 7.93. The first-order valence-electron chi connectivity index (χ1n) is 8.10. The third kappa shape index (κ3) is 4.27. The van der Waals surface area contributed by atoms with Gasteiger partial charge in [-0.1, -0.05) is 65.3 Å². The van der Waals surface area contributed by atoms with Crippen LogP contribution in [-0.2, 0) is 15.8 Å². The summed E-state index contributed by atoms with van der Waals surface area (Å²) < 4.78 is 30.2. The molecule has 2 aromatic carbocycles. The smallest absolute Gasteiger partial charge is 0.286 e. The molecule has 0 unspecified atom stereocenters. The fourth-order valence-electron chi connectivity index (χ4n) is 2.61. The van der Waals surface area contributed by atoms with Crippen LogP contribution in [0.15, 0.2) is 62.3 Å². The van der Waals surface area contributed by atoms with E-state index in [9.17, 15) is 8.42 Å². The van der Waals surface area contributed by atoms with Crippen molar-refractivity contribution in [1.82, 2.24) is 0 Å². The van der Waals surface area contributed by atoms with Crippen LogP contribution in [0.1, 0.15) is 25.3 Å². The third-order valence-electron chi connectivity index (χ3n) is 3.86. The minimum absolute atomic E-state index is 0.290. The number of nitrogens with zero attached hydrogens (tertiary/aromatic N) is 2. The Labute approximate surface area is 161 Å². The molecule has 1 aliphatic heterocycles. The highest BCUT2D eigenvalue weighted by Crippen LogP contribution is 2.35. The molecule has 1 aliphatic rings. The lowest BCUT2D eigenvalue weighted by molar-refractivity contribution is 0.596. The van der Waals surface area contributed by atoms with Gasteiger partial charge in [-0.3, -0.25) is 0 Å². The van der Waals surface area contributed by atoms with Gasteiger partial charge in [-0.05, 0) is 36.2 Å². The molecular weight excluding hydrogens is 420 g/mol. The SMILES string of the molecule is CCCCN1C(SCc2cccc(Br)c2)=NS(=O)(=O)c2ccccc21. The number of amidine groups is 1. The number of rotatable bonds is 5. The molecule has 3 rings (SSSR count). The molecular formula is C18H19BrN2O2S2. The predicted octanol–water partition coefficient (Wildman–Crippen LogP) is 5.05. The van der Waals surface area contributed by atoms with Crippen LogP contribution in [0.4, 0.5) is 5.69 Å². The molecule has 2 aromatic rings. The summed E-state index contributed by atoms with van der Waals surface area (Å²) in [5.74, 6) is 0.665. The van der Waals surface area contributed by atoms with Crippen molar-refractivity contribution in [1.29, 1.82) is 0 Å². The highest BCUT2D eigenvalue weighted by molar-refractivity contribution is 9.10. The van der Waals surface area contributed by atoms with E-state index in [0.717, 1.165) is 35.1 Å². The Morgan fingerprint density at radius 1 is 1.16 bits per heavy atom. The molecule has 0 N–H and O–H groups in total. The summed E-state index contributed by atoms with van der Waals surface area (Å²) in [5.41, 5.74) is 1.84. The lowest BCUT2D eigenvalue weighted by Gasteiger charge is -2.30. The lowest BCUT2D eigenvalue weighted by atomic mass is 10.2. The van der Waals surface area contributed by atoms with E-state index in [1.807, 2.05) is 41.3 Å². The maximum Gasteiger partial charge on any atom is 0.286 e. The van der Waals surface area contributed by atoms with E-state index in [1.54, 1.807) is 12.1 Å². The Balaban J connectivity index is 1.91. The van der Waals surface area contributed by atoms with Crippen LogP contribution < -0.4 is 4.90 Å². The molecule has 0 radical (unpaired) electrons. The van der Waals surface area contributed by atoms with Gasteiger partial charge in [0.05, 0.1) is 5.69 Å². The summed E-state index contributed by atoms with van der Waals surface area (Å²) in [6.07, 6.45) is 2.01. The number of thioether (sulfide) groups is 1. The molecule has 7 heteroatoms. The topological polar surface area (TPSA) is 49.7 Å². The van der Waals surface area contributed by atoms with E-state index in [2.05, 4.69) is 27.3 Å². The van der Waals surface area contributed by atoms with Gasteiger partial charge >= 0.3 is 0 Å². The highest BCUT2D eigenvalue weighted by atomic mass is 79.9. The van der Waals surface area contributed by atoms with Crippen molar-refractivity contribution in [2.24, 2.45) is 4.40 Å². The molecule has 132 valence electrons. The van der Waals surface area contributed by atoms with E-state index in [4.69, 9.17) is 0 Å². The Kier molecular flexibility index (Phi) is 5.86. The molecule has 0 spiro atoms. The highest BCUT2D eigenvalue weighted by Gasteiger charge is 2.30. The third-order valence-corrected chi connectivity index (χ3v) is 6.83. The number of hydrogen-bond donors (Lipinski definition) is 0. The van der Waals surface area contributed by atoms with Gasteiger partial charge in [-0.15, -0.1) is 4.40 Å². The number of sulfonamides is 1. The predicted molar refractivity (Wildman–Crippen MR) is 109 cm³/mol. The van der Waals surface area contributed by atoms with Crippen molar-refractivity contribution in [2.45, 2.75) is 30.4 Å². The monoisotopic (exact) mass is 438 g/mol. The van der Waals surface area contributed by atoms with Gasteiger partial charge in [0.25, 0.3) is 10.0 Å². The van der Waals surface area contributed by atoms with Crippen molar-refractivity contribution in [3.8, 4) is 0 Å². The summed E-state index contributed by atoms with van der Waals surface area (Å²) in [6.45, 7) is 2.88. The first-order valence-corrected chi connectivity index (χ1v) is 11.3. The number of unbranched alkanes of at least 4 members (excludes halogenated alkanes) is 1. The first kappa shape index (κ1) is 18.5. The maximum absolute atomic E-state index is 12.5. The molecule has 0 atom stereocenters. The number of anilines is 1. The Hall–Kier alpha value is -1.31. The van der Waals surface area contributed by atoms with E-state index in [0.29, 0.717) is 10.9 Å². The second-order valence-corrected chi connectivity index (χ2v) is 9.17. The van der Waals surface area contributed by atoms with E-state index < -0.39 is 10.0 Å². The summed E-state index contributed by atoms with van der Waals surface area (Å²) in [4.78, 5) is 2.32. The molecule has 0 bridgehead atoms. The van der Waals surface area contributed by atoms with E-state index in [1.165, 1.54) is 11.8 Å². The maximum atomic E-state index is 12.5. The molecule has 0 saturated carbocycles. The van der Waals surface area contributed by atoms with Crippen molar-refractivity contribution < 1.29 is 8.42 Å². The molecule has 25 heavy (non-hydrogen) atoms. The van der Waals surface area contributed by atoms with Gasteiger partial charge in [0, 0.05) is 16.8 Å². The van der Waals surface area contributed by atoms with Crippen molar-refractivity contribution in [3.63, 3.8) is 0 Å².